The number of benzene rings is 2. The number of halogens is 1. The number of nitrogens with two attached hydrogens (primary N) is 1. The minimum atomic E-state index is -3.66. The van der Waals surface area contributed by atoms with Crippen LogP contribution in [-0.2, 0) is 9.84 Å². The Morgan fingerprint density at radius 2 is 1.87 bits per heavy atom. The van der Waals surface area contributed by atoms with Crippen LogP contribution >= 0.6 is 15.9 Å². The zero-order valence-electron chi connectivity index (χ0n) is 18.5. The summed E-state index contributed by atoms with van der Waals surface area (Å²) in [5.74, 6) is -1.46. The zero-order chi connectivity index (χ0) is 24.0. The van der Waals surface area contributed by atoms with E-state index in [1.807, 2.05) is 0 Å². The Hall–Kier alpha value is -2.59. The highest BCUT2D eigenvalue weighted by Crippen LogP contribution is 2.40. The summed E-state index contributed by atoms with van der Waals surface area (Å²) in [6, 6.07) is 2.68. The van der Waals surface area contributed by atoms with E-state index < -0.39 is 39.5 Å². The number of nitrogens with zero attached hydrogens (tertiary/aromatic N) is 1. The van der Waals surface area contributed by atoms with Crippen molar-refractivity contribution < 1.29 is 30.2 Å². The highest BCUT2D eigenvalue weighted by molar-refractivity contribution is 9.10. The molecule has 2 aromatic carbocycles. The van der Waals surface area contributed by atoms with Gasteiger partial charge in [0.05, 0.1) is 39.4 Å². The van der Waals surface area contributed by atoms with E-state index in [0.717, 1.165) is 11.2 Å². The minimum absolute atomic E-state index is 0.0459. The second-order valence-electron chi connectivity index (χ2n) is 6.66. The summed E-state index contributed by atoms with van der Waals surface area (Å²) >= 11 is 3.11. The van der Waals surface area contributed by atoms with Gasteiger partial charge in [-0.05, 0) is 52.6 Å². The number of rotatable bonds is 7. The number of anilines is 1. The second kappa shape index (κ2) is 8.27. The molecule has 0 saturated carbocycles. The van der Waals surface area contributed by atoms with Gasteiger partial charge in [0.15, 0.2) is 11.5 Å². The molecule has 30 heavy (non-hydrogen) atoms. The highest BCUT2D eigenvalue weighted by atomic mass is 79.9. The van der Waals surface area contributed by atoms with E-state index in [9.17, 15) is 18.0 Å². The average molecular weight is 499 g/mol. The fraction of sp³-hybridized carbons (Fsp3) is 0.300. The third kappa shape index (κ3) is 4.01. The molecule has 0 unspecified atom stereocenters. The predicted molar refractivity (Wildman–Crippen MR) is 116 cm³/mol. The summed E-state index contributed by atoms with van der Waals surface area (Å²) in [6.07, 6.45) is 0.999. The number of fused-ring (bicyclic) bond motifs is 1. The first-order valence-corrected chi connectivity index (χ1v) is 11.7. The lowest BCUT2D eigenvalue weighted by Crippen LogP contribution is -2.37. The molecule has 0 fully saturated rings. The van der Waals surface area contributed by atoms with Gasteiger partial charge >= 0.3 is 0 Å². The largest absolute Gasteiger partial charge is 0.493 e. The number of carbonyl (C=O) groups excluding carboxylic acids is 2. The first kappa shape index (κ1) is 19.4. The van der Waals surface area contributed by atoms with E-state index in [0.29, 0.717) is 23.7 Å². The Kier molecular flexibility index (Phi) is 5.34. The topological polar surface area (TPSA) is 116 Å². The maximum atomic E-state index is 13.3. The van der Waals surface area contributed by atoms with Gasteiger partial charge in [0, 0.05) is 16.4 Å². The summed E-state index contributed by atoms with van der Waals surface area (Å²) < 4.78 is 51.2. The van der Waals surface area contributed by atoms with Gasteiger partial charge in [-0.15, -0.1) is 0 Å². The van der Waals surface area contributed by atoms with Crippen molar-refractivity contribution >= 4 is 43.3 Å². The first-order chi connectivity index (χ1) is 14.9. The van der Waals surface area contributed by atoms with Crippen LogP contribution in [0, 0.1) is 0 Å². The molecule has 1 heterocycles. The van der Waals surface area contributed by atoms with Crippen molar-refractivity contribution in [3.8, 4) is 11.5 Å². The molecule has 0 aromatic heterocycles. The molecule has 0 aliphatic carbocycles. The van der Waals surface area contributed by atoms with Crippen LogP contribution in [0.15, 0.2) is 34.8 Å². The first-order valence-electron chi connectivity index (χ1n) is 9.87. The molecule has 2 aromatic rings. The van der Waals surface area contributed by atoms with Crippen LogP contribution < -0.4 is 15.2 Å². The number of sulfone groups is 1. The van der Waals surface area contributed by atoms with Crippen molar-refractivity contribution in [1.29, 1.82) is 0 Å². The Bertz CT molecular complexity index is 1190. The fourth-order valence-electron chi connectivity index (χ4n) is 3.31. The van der Waals surface area contributed by atoms with Crippen LogP contribution in [0.5, 0.6) is 11.5 Å². The second-order valence-corrected chi connectivity index (χ2v) is 9.64. The van der Waals surface area contributed by atoms with Crippen molar-refractivity contribution in [2.75, 3.05) is 31.5 Å². The molecule has 1 aliphatic heterocycles. The SMILES string of the molecule is [2H]c1c([2H])c(Br)c2c(c1N)C(=O)N([C@H](CS(C)(=O)=O)c1ccc(OC)c(OCC)c1)C2=O. The predicted octanol–water partition coefficient (Wildman–Crippen LogP) is 2.82. The van der Waals surface area contributed by atoms with E-state index in [-0.39, 0.29) is 27.3 Å². The van der Waals surface area contributed by atoms with Gasteiger partial charge in [-0.3, -0.25) is 14.5 Å². The van der Waals surface area contributed by atoms with Crippen LogP contribution in [-0.4, -0.2) is 50.9 Å². The molecule has 2 N–H and O–H groups in total. The van der Waals surface area contributed by atoms with Crippen molar-refractivity contribution in [2.45, 2.75) is 13.0 Å². The van der Waals surface area contributed by atoms with Gasteiger partial charge in [-0.2, -0.15) is 0 Å². The molecule has 3 rings (SSSR count). The van der Waals surface area contributed by atoms with E-state index >= 15 is 0 Å². The van der Waals surface area contributed by atoms with Gasteiger partial charge in [0.2, 0.25) is 0 Å². The molecule has 8 nitrogen and oxygen atoms in total. The lowest BCUT2D eigenvalue weighted by molar-refractivity contribution is 0.0597. The minimum Gasteiger partial charge on any atom is -0.493 e. The van der Waals surface area contributed by atoms with Crippen molar-refractivity contribution in [2.24, 2.45) is 0 Å². The number of ether oxygens (including phenoxy) is 2. The maximum absolute atomic E-state index is 13.3. The molecule has 0 saturated heterocycles. The van der Waals surface area contributed by atoms with Crippen molar-refractivity contribution in [3.05, 3.63) is 51.4 Å². The number of hydrogen-bond donors (Lipinski definition) is 1. The lowest BCUT2D eigenvalue weighted by Gasteiger charge is -2.27. The summed E-state index contributed by atoms with van der Waals surface area (Å²) in [5, 5.41) is 0. The Labute approximate surface area is 185 Å². The third-order valence-electron chi connectivity index (χ3n) is 4.56. The van der Waals surface area contributed by atoms with E-state index in [2.05, 4.69) is 15.9 Å². The molecular weight excluding hydrogens is 476 g/mol. The van der Waals surface area contributed by atoms with Gasteiger partial charge in [-0.1, -0.05) is 6.07 Å². The Morgan fingerprint density at radius 1 is 1.20 bits per heavy atom. The molecule has 0 spiro atoms. The summed E-state index contributed by atoms with van der Waals surface area (Å²) in [5.41, 5.74) is 5.55. The van der Waals surface area contributed by atoms with Crippen molar-refractivity contribution in [3.63, 3.8) is 0 Å². The molecule has 1 aliphatic rings. The normalized spacial score (nSPS) is 15.5. The Balaban J connectivity index is 2.21. The number of imide groups is 1. The smallest absolute Gasteiger partial charge is 0.264 e. The number of nitrogen functional groups attached to an aromatic ring is 1. The molecule has 160 valence electrons. The average Bonchev–Trinajstić information content (AvgIpc) is 2.98. The molecule has 0 radical (unpaired) electrons. The van der Waals surface area contributed by atoms with Crippen LogP contribution in [0.25, 0.3) is 0 Å². The number of carbonyl (C=O) groups is 2. The number of methoxy groups -OCH3 is 1. The number of amides is 2. The monoisotopic (exact) mass is 498 g/mol. The summed E-state index contributed by atoms with van der Waals surface area (Å²) in [7, 11) is -2.20. The van der Waals surface area contributed by atoms with Crippen LogP contribution in [0.2, 0.25) is 0 Å². The van der Waals surface area contributed by atoms with Crippen molar-refractivity contribution in [1.82, 2.24) is 4.90 Å². The van der Waals surface area contributed by atoms with Crippen LogP contribution in [0.3, 0.4) is 0 Å². The summed E-state index contributed by atoms with van der Waals surface area (Å²) in [6.45, 7) is 2.08. The van der Waals surface area contributed by atoms with E-state index in [4.69, 9.17) is 17.9 Å². The van der Waals surface area contributed by atoms with Crippen LogP contribution in [0.4, 0.5) is 5.69 Å². The summed E-state index contributed by atoms with van der Waals surface area (Å²) in [4.78, 5) is 27.4. The molecule has 2 amide bonds. The molecule has 0 bridgehead atoms. The van der Waals surface area contributed by atoms with Gasteiger partial charge in [0.1, 0.15) is 9.84 Å². The van der Waals surface area contributed by atoms with E-state index in [1.54, 1.807) is 19.1 Å². The van der Waals surface area contributed by atoms with Gasteiger partial charge in [-0.25, -0.2) is 8.42 Å². The molecule has 1 atom stereocenters. The van der Waals surface area contributed by atoms with Gasteiger partial charge < -0.3 is 15.2 Å². The standard InChI is InChI=1S/C20H21BrN2O6S/c1-4-29-16-9-11(5-8-15(16)28-2)14(10-30(3,26)27)23-19(24)17-12(21)6-7-13(22)18(17)20(23)25/h5-9,14H,4,10,22H2,1-3H3/t14-/m1/s1/i6D,7D. The lowest BCUT2D eigenvalue weighted by atomic mass is 10.1. The van der Waals surface area contributed by atoms with Crippen LogP contribution in [0.1, 0.15) is 42.0 Å². The number of hydrogen-bond acceptors (Lipinski definition) is 7. The maximum Gasteiger partial charge on any atom is 0.264 e. The Morgan fingerprint density at radius 3 is 2.47 bits per heavy atom. The quantitative estimate of drug-likeness (QED) is 0.460. The van der Waals surface area contributed by atoms with Gasteiger partial charge in [0.25, 0.3) is 11.8 Å². The highest BCUT2D eigenvalue weighted by Gasteiger charge is 2.44. The zero-order valence-corrected chi connectivity index (χ0v) is 18.9. The molecular formula is C20H21BrN2O6S. The van der Waals surface area contributed by atoms with E-state index in [1.165, 1.54) is 13.2 Å². The third-order valence-corrected chi connectivity index (χ3v) is 6.07. The molecule has 10 heteroatoms. The fourth-order valence-corrected chi connectivity index (χ4v) is 4.69.